The van der Waals surface area contributed by atoms with Gasteiger partial charge >= 0.3 is 0 Å². The molecule has 1 N–H and O–H groups in total. The molecule has 0 spiro atoms. The maximum absolute atomic E-state index is 5.84. The predicted octanol–water partition coefficient (Wildman–Crippen LogP) is 3.81. The summed E-state index contributed by atoms with van der Waals surface area (Å²) in [6, 6.07) is 2.40. The van der Waals surface area contributed by atoms with E-state index < -0.39 is 0 Å². The first-order valence-electron chi connectivity index (χ1n) is 4.91. The number of aromatic nitrogens is 1. The smallest absolute Gasteiger partial charge is 0.140 e. The average Bonchev–Trinajstić information content (AvgIpc) is 2.24. The van der Waals surface area contributed by atoms with Gasteiger partial charge in [0.25, 0.3) is 0 Å². The molecule has 15 heavy (non-hydrogen) atoms. The average molecular weight is 308 g/mol. The van der Waals surface area contributed by atoms with E-state index in [-0.39, 0.29) is 0 Å². The third-order valence-corrected chi connectivity index (χ3v) is 4.34. The molecule has 1 fully saturated rings. The van der Waals surface area contributed by atoms with Crippen LogP contribution in [0.2, 0.25) is 5.02 Å². The Bertz CT molecular complexity index is 342. The molecule has 1 aliphatic heterocycles. The van der Waals surface area contributed by atoms with Gasteiger partial charge in [0.15, 0.2) is 0 Å². The summed E-state index contributed by atoms with van der Waals surface area (Å²) < 4.78 is 0.936. The first-order chi connectivity index (χ1) is 7.25. The van der Waals surface area contributed by atoms with Gasteiger partial charge in [-0.25, -0.2) is 4.98 Å². The van der Waals surface area contributed by atoms with Gasteiger partial charge in [0.2, 0.25) is 0 Å². The highest BCUT2D eigenvalue weighted by atomic mass is 79.9. The molecule has 82 valence electrons. The molecule has 0 bridgehead atoms. The fourth-order valence-corrected chi connectivity index (χ4v) is 3.39. The third-order valence-electron chi connectivity index (χ3n) is 2.31. The fourth-order valence-electron chi connectivity index (χ4n) is 1.57. The van der Waals surface area contributed by atoms with Crippen molar-refractivity contribution in [3.05, 3.63) is 21.8 Å². The van der Waals surface area contributed by atoms with Crippen LogP contribution in [0, 0.1) is 0 Å². The SMILES string of the molecule is Clc1cnc(NC2CCCSC2)c(Br)c1. The van der Waals surface area contributed by atoms with E-state index in [0.29, 0.717) is 11.1 Å². The normalized spacial score (nSPS) is 21.3. The van der Waals surface area contributed by atoms with E-state index in [4.69, 9.17) is 11.6 Å². The van der Waals surface area contributed by atoms with Gasteiger partial charge in [0.05, 0.1) is 9.50 Å². The number of halogens is 2. The molecule has 0 aliphatic carbocycles. The van der Waals surface area contributed by atoms with Crippen molar-refractivity contribution in [2.45, 2.75) is 18.9 Å². The lowest BCUT2D eigenvalue weighted by atomic mass is 10.2. The van der Waals surface area contributed by atoms with Crippen molar-refractivity contribution in [1.29, 1.82) is 0 Å². The molecule has 1 aliphatic rings. The zero-order valence-corrected chi connectivity index (χ0v) is 11.3. The number of nitrogens with one attached hydrogen (secondary N) is 1. The topological polar surface area (TPSA) is 24.9 Å². The molecule has 2 nitrogen and oxygen atoms in total. The summed E-state index contributed by atoms with van der Waals surface area (Å²) in [4.78, 5) is 4.27. The summed E-state index contributed by atoms with van der Waals surface area (Å²) in [6.45, 7) is 0. The summed E-state index contributed by atoms with van der Waals surface area (Å²) in [7, 11) is 0. The standard InChI is InChI=1S/C10H12BrClN2S/c11-9-4-7(12)5-13-10(9)14-8-2-1-3-15-6-8/h4-5,8H,1-3,6H2,(H,13,14). The van der Waals surface area contributed by atoms with Crippen LogP contribution in [0.3, 0.4) is 0 Å². The molecule has 1 saturated heterocycles. The van der Waals surface area contributed by atoms with Crippen molar-refractivity contribution in [2.75, 3.05) is 16.8 Å². The minimum Gasteiger partial charge on any atom is -0.366 e. The van der Waals surface area contributed by atoms with Crippen molar-refractivity contribution < 1.29 is 0 Å². The predicted molar refractivity (Wildman–Crippen MR) is 70.9 cm³/mol. The summed E-state index contributed by atoms with van der Waals surface area (Å²) in [5.74, 6) is 3.34. The van der Waals surface area contributed by atoms with Crippen molar-refractivity contribution in [3.63, 3.8) is 0 Å². The molecule has 2 rings (SSSR count). The molecule has 2 heterocycles. The van der Waals surface area contributed by atoms with Gasteiger partial charge in [-0.2, -0.15) is 11.8 Å². The molecule has 1 aromatic heterocycles. The van der Waals surface area contributed by atoms with Crippen molar-refractivity contribution in [3.8, 4) is 0 Å². The molecular formula is C10H12BrClN2S. The fraction of sp³-hybridized carbons (Fsp3) is 0.500. The van der Waals surface area contributed by atoms with E-state index in [0.717, 1.165) is 16.0 Å². The third kappa shape index (κ3) is 3.26. The maximum atomic E-state index is 5.84. The van der Waals surface area contributed by atoms with Gasteiger partial charge in [-0.1, -0.05) is 11.6 Å². The summed E-state index contributed by atoms with van der Waals surface area (Å²) in [5, 5.41) is 4.10. The Hall–Kier alpha value is 0.0700. The van der Waals surface area contributed by atoms with E-state index >= 15 is 0 Å². The van der Waals surface area contributed by atoms with Crippen LogP contribution in [-0.2, 0) is 0 Å². The van der Waals surface area contributed by atoms with Crippen LogP contribution in [0.1, 0.15) is 12.8 Å². The van der Waals surface area contributed by atoms with Gasteiger partial charge in [0.1, 0.15) is 5.82 Å². The van der Waals surface area contributed by atoms with Crippen LogP contribution in [0.5, 0.6) is 0 Å². The van der Waals surface area contributed by atoms with Gasteiger partial charge in [-0.05, 0) is 40.6 Å². The number of nitrogens with zero attached hydrogens (tertiary/aromatic N) is 1. The summed E-state index contributed by atoms with van der Waals surface area (Å²) in [6.07, 6.45) is 4.18. The highest BCUT2D eigenvalue weighted by Crippen LogP contribution is 2.26. The number of thioether (sulfide) groups is 1. The Balaban J connectivity index is 2.03. The Morgan fingerprint density at radius 1 is 1.60 bits per heavy atom. The Morgan fingerprint density at radius 3 is 3.13 bits per heavy atom. The van der Waals surface area contributed by atoms with E-state index in [2.05, 4.69) is 26.2 Å². The van der Waals surface area contributed by atoms with Crippen molar-refractivity contribution >= 4 is 45.1 Å². The molecule has 1 aromatic rings. The zero-order chi connectivity index (χ0) is 10.7. The lowest BCUT2D eigenvalue weighted by Crippen LogP contribution is -2.26. The van der Waals surface area contributed by atoms with Crippen molar-refractivity contribution in [2.24, 2.45) is 0 Å². The first kappa shape index (κ1) is 11.6. The second-order valence-corrected chi connectivity index (χ2v) is 5.98. The van der Waals surface area contributed by atoms with Crippen LogP contribution in [-0.4, -0.2) is 22.5 Å². The highest BCUT2D eigenvalue weighted by Gasteiger charge is 2.14. The van der Waals surface area contributed by atoms with Crippen LogP contribution in [0.25, 0.3) is 0 Å². The number of hydrogen-bond acceptors (Lipinski definition) is 3. The quantitative estimate of drug-likeness (QED) is 0.899. The van der Waals surface area contributed by atoms with Crippen molar-refractivity contribution in [1.82, 2.24) is 4.98 Å². The Morgan fingerprint density at radius 2 is 2.47 bits per heavy atom. The molecule has 0 saturated carbocycles. The molecule has 5 heteroatoms. The number of anilines is 1. The van der Waals surface area contributed by atoms with Gasteiger partial charge in [-0.3, -0.25) is 0 Å². The zero-order valence-electron chi connectivity index (χ0n) is 8.17. The number of rotatable bonds is 2. The van der Waals surface area contributed by atoms with E-state index in [1.807, 2.05) is 17.8 Å². The molecular weight excluding hydrogens is 296 g/mol. The number of pyridine rings is 1. The molecule has 1 unspecified atom stereocenters. The summed E-state index contributed by atoms with van der Waals surface area (Å²) >= 11 is 11.3. The maximum Gasteiger partial charge on any atom is 0.140 e. The van der Waals surface area contributed by atoms with Gasteiger partial charge in [0, 0.05) is 18.0 Å². The van der Waals surface area contributed by atoms with E-state index in [1.165, 1.54) is 18.6 Å². The second-order valence-electron chi connectivity index (χ2n) is 3.54. The Labute approximate surface area is 107 Å². The van der Waals surface area contributed by atoms with Crippen LogP contribution in [0.4, 0.5) is 5.82 Å². The van der Waals surface area contributed by atoms with Gasteiger partial charge in [-0.15, -0.1) is 0 Å². The minimum absolute atomic E-state index is 0.536. The molecule has 0 aromatic carbocycles. The van der Waals surface area contributed by atoms with E-state index in [1.54, 1.807) is 6.20 Å². The lowest BCUT2D eigenvalue weighted by molar-refractivity contribution is 0.682. The number of hydrogen-bond donors (Lipinski definition) is 1. The molecule has 0 radical (unpaired) electrons. The molecule has 0 amide bonds. The van der Waals surface area contributed by atoms with Crippen LogP contribution < -0.4 is 5.32 Å². The largest absolute Gasteiger partial charge is 0.366 e. The lowest BCUT2D eigenvalue weighted by Gasteiger charge is -2.23. The summed E-state index contributed by atoms with van der Waals surface area (Å²) in [5.41, 5.74) is 0. The monoisotopic (exact) mass is 306 g/mol. The highest BCUT2D eigenvalue weighted by molar-refractivity contribution is 9.10. The Kier molecular flexibility index (Phi) is 4.17. The first-order valence-corrected chi connectivity index (χ1v) is 7.23. The van der Waals surface area contributed by atoms with Crippen LogP contribution >= 0.6 is 39.3 Å². The minimum atomic E-state index is 0.536. The second kappa shape index (κ2) is 5.41. The van der Waals surface area contributed by atoms with Crippen LogP contribution in [0.15, 0.2) is 16.7 Å². The van der Waals surface area contributed by atoms with Gasteiger partial charge < -0.3 is 5.32 Å². The van der Waals surface area contributed by atoms with E-state index in [9.17, 15) is 0 Å². The molecule has 1 atom stereocenters.